The van der Waals surface area contributed by atoms with Gasteiger partial charge in [-0.25, -0.2) is 0 Å². The highest BCUT2D eigenvalue weighted by molar-refractivity contribution is 4.86. The molecule has 0 aromatic carbocycles. The molecule has 0 aromatic rings. The Balaban J connectivity index is 1.87. The first-order valence-electron chi connectivity index (χ1n) is 6.64. The fraction of sp³-hybridized carbons (Fsp3) is 1.00. The molecule has 2 aliphatic rings. The van der Waals surface area contributed by atoms with Crippen LogP contribution in [0.1, 0.15) is 40.0 Å². The molecule has 3 unspecified atom stereocenters. The van der Waals surface area contributed by atoms with Crippen molar-refractivity contribution in [2.24, 2.45) is 11.8 Å². The second kappa shape index (κ2) is 4.84. The van der Waals surface area contributed by atoms with Crippen molar-refractivity contribution < 1.29 is 0 Å². The van der Waals surface area contributed by atoms with Crippen LogP contribution in [0.4, 0.5) is 0 Å². The second-order valence-electron chi connectivity index (χ2n) is 5.77. The quantitative estimate of drug-likeness (QED) is 0.713. The summed E-state index contributed by atoms with van der Waals surface area (Å²) in [6.07, 6.45) is 4.29. The molecule has 1 heterocycles. The van der Waals surface area contributed by atoms with Gasteiger partial charge in [0.05, 0.1) is 0 Å². The van der Waals surface area contributed by atoms with Crippen molar-refractivity contribution in [2.75, 3.05) is 19.6 Å². The average Bonchev–Trinajstić information content (AvgIpc) is 2.22. The van der Waals surface area contributed by atoms with E-state index in [4.69, 9.17) is 0 Å². The van der Waals surface area contributed by atoms with Crippen LogP contribution in [0.15, 0.2) is 0 Å². The van der Waals surface area contributed by atoms with Crippen molar-refractivity contribution in [2.45, 2.75) is 52.1 Å². The molecule has 2 heteroatoms. The number of rotatable bonds is 1. The van der Waals surface area contributed by atoms with Gasteiger partial charge >= 0.3 is 0 Å². The lowest BCUT2D eigenvalue weighted by Gasteiger charge is -2.42. The highest BCUT2D eigenvalue weighted by Crippen LogP contribution is 2.32. The van der Waals surface area contributed by atoms with Gasteiger partial charge in [0.15, 0.2) is 0 Å². The van der Waals surface area contributed by atoms with E-state index in [1.165, 1.54) is 38.9 Å². The smallest absolute Gasteiger partial charge is 0.0167 e. The number of nitrogens with zero attached hydrogens (tertiary/aromatic N) is 1. The first-order valence-corrected chi connectivity index (χ1v) is 6.64. The topological polar surface area (TPSA) is 15.3 Å². The molecule has 88 valence electrons. The van der Waals surface area contributed by atoms with Gasteiger partial charge in [-0.1, -0.05) is 13.8 Å². The van der Waals surface area contributed by atoms with Crippen LogP contribution in [-0.4, -0.2) is 36.6 Å². The van der Waals surface area contributed by atoms with Crippen molar-refractivity contribution in [1.82, 2.24) is 10.2 Å². The Morgan fingerprint density at radius 1 is 1.07 bits per heavy atom. The van der Waals surface area contributed by atoms with Gasteiger partial charge in [0.2, 0.25) is 0 Å². The van der Waals surface area contributed by atoms with Gasteiger partial charge in [-0.2, -0.15) is 0 Å². The fourth-order valence-corrected chi connectivity index (χ4v) is 3.14. The maximum atomic E-state index is 3.53. The number of piperazine rings is 1. The Morgan fingerprint density at radius 3 is 2.53 bits per heavy atom. The number of hydrogen-bond donors (Lipinski definition) is 1. The van der Waals surface area contributed by atoms with Gasteiger partial charge in [0.1, 0.15) is 0 Å². The Hall–Kier alpha value is -0.0800. The molecule has 1 saturated carbocycles. The van der Waals surface area contributed by atoms with Gasteiger partial charge in [-0.3, -0.25) is 4.90 Å². The van der Waals surface area contributed by atoms with E-state index >= 15 is 0 Å². The maximum Gasteiger partial charge on any atom is 0.0167 e. The van der Waals surface area contributed by atoms with Crippen molar-refractivity contribution in [3.8, 4) is 0 Å². The van der Waals surface area contributed by atoms with E-state index < -0.39 is 0 Å². The molecule has 0 spiro atoms. The van der Waals surface area contributed by atoms with E-state index in [2.05, 4.69) is 31.0 Å². The zero-order chi connectivity index (χ0) is 10.8. The summed E-state index contributed by atoms with van der Waals surface area (Å²) in [6, 6.07) is 1.56. The molecular weight excluding hydrogens is 184 g/mol. The van der Waals surface area contributed by atoms with Gasteiger partial charge in [-0.05, 0) is 38.0 Å². The molecule has 0 bridgehead atoms. The first-order chi connectivity index (χ1) is 7.16. The van der Waals surface area contributed by atoms with E-state index in [0.29, 0.717) is 6.04 Å². The third kappa shape index (κ3) is 2.73. The molecule has 4 atom stereocenters. The molecule has 2 nitrogen and oxygen atoms in total. The summed E-state index contributed by atoms with van der Waals surface area (Å²) in [4.78, 5) is 2.73. The van der Waals surface area contributed by atoms with E-state index in [1.807, 2.05) is 0 Å². The van der Waals surface area contributed by atoms with Crippen LogP contribution in [0, 0.1) is 11.8 Å². The van der Waals surface area contributed by atoms with Crippen LogP contribution in [0.25, 0.3) is 0 Å². The summed E-state index contributed by atoms with van der Waals surface area (Å²) in [6.45, 7) is 10.9. The number of hydrogen-bond acceptors (Lipinski definition) is 2. The van der Waals surface area contributed by atoms with Gasteiger partial charge in [-0.15, -0.1) is 0 Å². The highest BCUT2D eigenvalue weighted by atomic mass is 15.2. The Labute approximate surface area is 94.4 Å². The molecule has 0 amide bonds. The minimum absolute atomic E-state index is 0.688. The van der Waals surface area contributed by atoms with Gasteiger partial charge in [0, 0.05) is 31.7 Å². The minimum Gasteiger partial charge on any atom is -0.312 e. The van der Waals surface area contributed by atoms with Crippen LogP contribution in [-0.2, 0) is 0 Å². The summed E-state index contributed by atoms with van der Waals surface area (Å²) in [5, 5.41) is 3.53. The lowest BCUT2D eigenvalue weighted by Crippen LogP contribution is -2.54. The zero-order valence-corrected chi connectivity index (χ0v) is 10.5. The Morgan fingerprint density at radius 2 is 1.87 bits per heavy atom. The van der Waals surface area contributed by atoms with Crippen molar-refractivity contribution in [3.05, 3.63) is 0 Å². The Bertz CT molecular complexity index is 205. The Kier molecular flexibility index (Phi) is 3.68. The molecule has 0 aromatic heterocycles. The largest absolute Gasteiger partial charge is 0.312 e. The van der Waals surface area contributed by atoms with E-state index in [9.17, 15) is 0 Å². The average molecular weight is 210 g/mol. The summed E-state index contributed by atoms with van der Waals surface area (Å²) in [5.74, 6) is 1.87. The summed E-state index contributed by atoms with van der Waals surface area (Å²) in [5.41, 5.74) is 0. The zero-order valence-electron chi connectivity index (χ0n) is 10.5. The molecule has 1 aliphatic heterocycles. The van der Waals surface area contributed by atoms with Gasteiger partial charge in [0.25, 0.3) is 0 Å². The predicted molar refractivity (Wildman–Crippen MR) is 65.0 cm³/mol. The number of nitrogens with one attached hydrogen (secondary N) is 1. The lowest BCUT2D eigenvalue weighted by molar-refractivity contribution is 0.0847. The predicted octanol–water partition coefficient (Wildman–Crippen LogP) is 2.10. The van der Waals surface area contributed by atoms with Crippen LogP contribution >= 0.6 is 0 Å². The third-order valence-electron chi connectivity index (χ3n) is 4.49. The fourth-order valence-electron chi connectivity index (χ4n) is 3.14. The van der Waals surface area contributed by atoms with E-state index in [-0.39, 0.29) is 0 Å². The second-order valence-corrected chi connectivity index (χ2v) is 5.77. The molecule has 15 heavy (non-hydrogen) atoms. The standard InChI is InChI=1S/C13H26N2/c1-10-4-5-13(8-11(10)2)15-7-6-14-12(3)9-15/h10-14H,4-9H2,1-3H3/t10?,11?,12-,13?/m1/s1. The normalized spacial score (nSPS) is 44.2. The SMILES string of the molecule is CC1CCC(N2CCN[C@H](C)C2)CC1C. The molecular formula is C13H26N2. The highest BCUT2D eigenvalue weighted by Gasteiger charge is 2.30. The van der Waals surface area contributed by atoms with Crippen LogP contribution in [0.3, 0.4) is 0 Å². The molecule has 1 saturated heterocycles. The van der Waals surface area contributed by atoms with Gasteiger partial charge < -0.3 is 5.32 Å². The van der Waals surface area contributed by atoms with Crippen molar-refractivity contribution in [1.29, 1.82) is 0 Å². The molecule has 1 N–H and O–H groups in total. The summed E-state index contributed by atoms with van der Waals surface area (Å²) in [7, 11) is 0. The molecule has 2 rings (SSSR count). The van der Waals surface area contributed by atoms with Crippen LogP contribution in [0.2, 0.25) is 0 Å². The van der Waals surface area contributed by atoms with Crippen molar-refractivity contribution >= 4 is 0 Å². The van der Waals surface area contributed by atoms with Crippen molar-refractivity contribution in [3.63, 3.8) is 0 Å². The van der Waals surface area contributed by atoms with E-state index in [0.717, 1.165) is 17.9 Å². The maximum absolute atomic E-state index is 3.53. The van der Waals surface area contributed by atoms with Crippen LogP contribution < -0.4 is 5.32 Å². The molecule has 2 fully saturated rings. The minimum atomic E-state index is 0.688. The lowest BCUT2D eigenvalue weighted by atomic mass is 9.78. The first kappa shape index (κ1) is 11.4. The summed E-state index contributed by atoms with van der Waals surface area (Å²) < 4.78 is 0. The molecule has 1 aliphatic carbocycles. The van der Waals surface area contributed by atoms with E-state index in [1.54, 1.807) is 0 Å². The monoisotopic (exact) mass is 210 g/mol. The van der Waals surface area contributed by atoms with Crippen LogP contribution in [0.5, 0.6) is 0 Å². The summed E-state index contributed by atoms with van der Waals surface area (Å²) >= 11 is 0. The third-order valence-corrected chi connectivity index (χ3v) is 4.49. The molecule has 0 radical (unpaired) electrons.